The van der Waals surface area contributed by atoms with Crippen molar-refractivity contribution in [3.05, 3.63) is 59.4 Å². The molecule has 0 radical (unpaired) electrons. The molecule has 0 N–H and O–H groups in total. The molecule has 0 saturated carbocycles. The molecule has 0 unspecified atom stereocenters. The molecular formula is C21H25N2O2S+. The zero-order valence-corrected chi connectivity index (χ0v) is 16.6. The van der Waals surface area contributed by atoms with Gasteiger partial charge in [-0.3, -0.25) is 0 Å². The Hall–Kier alpha value is -2.27. The molecule has 0 aliphatic heterocycles. The number of carbonyl (C=O) groups is 1. The van der Waals surface area contributed by atoms with Crippen LogP contribution in [0.25, 0.3) is 11.0 Å². The summed E-state index contributed by atoms with van der Waals surface area (Å²) in [6, 6.07) is 14.5. The number of thioether (sulfide) groups is 1. The van der Waals surface area contributed by atoms with Gasteiger partial charge in [0.25, 0.3) is 5.82 Å². The van der Waals surface area contributed by atoms with Crippen LogP contribution in [-0.2, 0) is 17.8 Å². The number of carbonyl (C=O) groups excluding carboxylic acids is 1. The second kappa shape index (κ2) is 7.96. The van der Waals surface area contributed by atoms with Gasteiger partial charge in [0.05, 0.1) is 18.7 Å². The maximum Gasteiger partial charge on any atom is 0.338 e. The zero-order valence-electron chi connectivity index (χ0n) is 15.8. The van der Waals surface area contributed by atoms with Crippen molar-refractivity contribution >= 4 is 28.8 Å². The number of hydrogen-bond donors (Lipinski definition) is 0. The van der Waals surface area contributed by atoms with Crippen LogP contribution in [0.5, 0.6) is 0 Å². The zero-order chi connectivity index (χ0) is 18.7. The molecule has 2 aromatic carbocycles. The van der Waals surface area contributed by atoms with Crippen LogP contribution in [0.1, 0.15) is 35.6 Å². The first-order valence-corrected chi connectivity index (χ1v) is 10.1. The Morgan fingerprint density at radius 1 is 1.15 bits per heavy atom. The minimum absolute atomic E-state index is 0.271. The summed E-state index contributed by atoms with van der Waals surface area (Å²) < 4.78 is 9.72. The third kappa shape index (κ3) is 3.49. The second-order valence-electron chi connectivity index (χ2n) is 6.15. The van der Waals surface area contributed by atoms with E-state index < -0.39 is 0 Å². The number of benzene rings is 2. The third-order valence-corrected chi connectivity index (χ3v) is 5.41. The summed E-state index contributed by atoms with van der Waals surface area (Å²) >= 11 is 1.74. The molecule has 3 aromatic rings. The standard InChI is InChI=1S/C21H25N2O2S/c1-5-22-15(3)23(14-16-7-10-18(26-4)11-8-16)20-13-17(9-12-19(20)22)21(24)25-6-2/h7-13H,5-6,14H2,1-4H3/q+1. The van der Waals surface area contributed by atoms with Crippen LogP contribution in [0.4, 0.5) is 0 Å². The Morgan fingerprint density at radius 2 is 1.88 bits per heavy atom. The predicted octanol–water partition coefficient (Wildman–Crippen LogP) is 4.20. The monoisotopic (exact) mass is 369 g/mol. The topological polar surface area (TPSA) is 35.1 Å². The van der Waals surface area contributed by atoms with E-state index >= 15 is 0 Å². The second-order valence-corrected chi connectivity index (χ2v) is 7.03. The van der Waals surface area contributed by atoms with Crippen molar-refractivity contribution in [1.82, 2.24) is 4.57 Å². The summed E-state index contributed by atoms with van der Waals surface area (Å²) in [7, 11) is 0. The highest BCUT2D eigenvalue weighted by Gasteiger charge is 2.22. The lowest BCUT2D eigenvalue weighted by atomic mass is 10.2. The Balaban J connectivity index is 2.07. The van der Waals surface area contributed by atoms with E-state index in [0.717, 1.165) is 24.1 Å². The molecule has 0 bridgehead atoms. The SMILES string of the molecule is CCOC(=O)c1ccc2c(c1)n(Cc1ccc(SC)cc1)c(C)[n+]2CC. The molecule has 0 atom stereocenters. The minimum atomic E-state index is -0.271. The largest absolute Gasteiger partial charge is 0.462 e. The molecule has 0 amide bonds. The molecule has 1 aromatic heterocycles. The molecule has 5 heteroatoms. The Bertz CT molecular complexity index is 929. The summed E-state index contributed by atoms with van der Waals surface area (Å²) in [4.78, 5) is 13.4. The van der Waals surface area contributed by atoms with Gasteiger partial charge in [0.2, 0.25) is 0 Å². The van der Waals surface area contributed by atoms with E-state index in [1.807, 2.05) is 25.1 Å². The molecule has 3 rings (SSSR count). The first-order valence-electron chi connectivity index (χ1n) is 8.91. The molecule has 1 heterocycles. The van der Waals surface area contributed by atoms with E-state index in [9.17, 15) is 4.79 Å². The van der Waals surface area contributed by atoms with Crippen LogP contribution in [0.15, 0.2) is 47.4 Å². The summed E-state index contributed by atoms with van der Waals surface area (Å²) in [6.45, 7) is 8.14. The quantitative estimate of drug-likeness (QED) is 0.371. The number of fused-ring (bicyclic) bond motifs is 1. The van der Waals surface area contributed by atoms with Gasteiger partial charge in [-0.05, 0) is 49.9 Å². The van der Waals surface area contributed by atoms with Gasteiger partial charge in [0, 0.05) is 17.9 Å². The Kier molecular flexibility index (Phi) is 5.67. The van der Waals surface area contributed by atoms with Gasteiger partial charge in [-0.2, -0.15) is 0 Å². The van der Waals surface area contributed by atoms with E-state index in [4.69, 9.17) is 4.74 Å². The van der Waals surface area contributed by atoms with E-state index in [-0.39, 0.29) is 5.97 Å². The number of hydrogen-bond acceptors (Lipinski definition) is 3. The maximum atomic E-state index is 12.1. The highest BCUT2D eigenvalue weighted by Crippen LogP contribution is 2.21. The molecular weight excluding hydrogens is 344 g/mol. The molecule has 136 valence electrons. The Labute approximate surface area is 158 Å². The number of rotatable bonds is 6. The van der Waals surface area contributed by atoms with Crippen molar-refractivity contribution in [3.8, 4) is 0 Å². The van der Waals surface area contributed by atoms with Crippen LogP contribution in [0, 0.1) is 6.92 Å². The molecule has 0 spiro atoms. The summed E-state index contributed by atoms with van der Waals surface area (Å²) in [5.41, 5.74) is 4.04. The van der Waals surface area contributed by atoms with Gasteiger partial charge in [-0.15, -0.1) is 11.8 Å². The number of nitrogens with zero attached hydrogens (tertiary/aromatic N) is 2. The highest BCUT2D eigenvalue weighted by atomic mass is 32.2. The number of esters is 1. The first kappa shape index (κ1) is 18.5. The van der Waals surface area contributed by atoms with Crippen molar-refractivity contribution in [1.29, 1.82) is 0 Å². The summed E-state index contributed by atoms with van der Waals surface area (Å²) in [6.07, 6.45) is 2.08. The number of aryl methyl sites for hydroxylation is 1. The molecule has 0 saturated heterocycles. The fourth-order valence-corrected chi connectivity index (χ4v) is 3.72. The van der Waals surface area contributed by atoms with Gasteiger partial charge in [-0.1, -0.05) is 12.1 Å². The van der Waals surface area contributed by atoms with Gasteiger partial charge < -0.3 is 4.74 Å². The van der Waals surface area contributed by atoms with Crippen LogP contribution in [0.2, 0.25) is 0 Å². The average molecular weight is 370 g/mol. The molecule has 4 nitrogen and oxygen atoms in total. The fourth-order valence-electron chi connectivity index (χ4n) is 3.32. The van der Waals surface area contributed by atoms with E-state index in [0.29, 0.717) is 12.2 Å². The lowest BCUT2D eigenvalue weighted by Gasteiger charge is -2.04. The first-order chi connectivity index (χ1) is 12.6. The predicted molar refractivity (Wildman–Crippen MR) is 106 cm³/mol. The average Bonchev–Trinajstić information content (AvgIpc) is 2.93. The van der Waals surface area contributed by atoms with Gasteiger partial charge >= 0.3 is 5.97 Å². The van der Waals surface area contributed by atoms with Gasteiger partial charge in [0.1, 0.15) is 6.54 Å². The number of ether oxygens (including phenoxy) is 1. The molecule has 0 aliphatic carbocycles. The summed E-state index contributed by atoms with van der Waals surface area (Å²) in [5.74, 6) is 0.907. The number of imidazole rings is 1. The van der Waals surface area contributed by atoms with Gasteiger partial charge in [0.15, 0.2) is 11.0 Å². The maximum absolute atomic E-state index is 12.1. The Morgan fingerprint density at radius 3 is 2.50 bits per heavy atom. The summed E-state index contributed by atoms with van der Waals surface area (Å²) in [5, 5.41) is 0. The van der Waals surface area contributed by atoms with Crippen LogP contribution in [-0.4, -0.2) is 23.4 Å². The van der Waals surface area contributed by atoms with Crippen molar-refractivity contribution in [2.24, 2.45) is 0 Å². The lowest BCUT2D eigenvalue weighted by Crippen LogP contribution is -2.35. The van der Waals surface area contributed by atoms with Crippen LogP contribution >= 0.6 is 11.8 Å². The third-order valence-electron chi connectivity index (χ3n) is 4.67. The van der Waals surface area contributed by atoms with Crippen LogP contribution < -0.4 is 4.57 Å². The minimum Gasteiger partial charge on any atom is -0.462 e. The van der Waals surface area contributed by atoms with E-state index in [1.54, 1.807) is 11.8 Å². The fraction of sp³-hybridized carbons (Fsp3) is 0.333. The molecule has 0 fully saturated rings. The molecule has 26 heavy (non-hydrogen) atoms. The van der Waals surface area contributed by atoms with E-state index in [1.165, 1.54) is 16.3 Å². The smallest absolute Gasteiger partial charge is 0.338 e. The van der Waals surface area contributed by atoms with Crippen LogP contribution in [0.3, 0.4) is 0 Å². The van der Waals surface area contributed by atoms with E-state index in [2.05, 4.69) is 53.5 Å². The lowest BCUT2D eigenvalue weighted by molar-refractivity contribution is -0.674. The van der Waals surface area contributed by atoms with Crippen molar-refractivity contribution in [3.63, 3.8) is 0 Å². The molecule has 0 aliphatic rings. The normalized spacial score (nSPS) is 11.1. The van der Waals surface area contributed by atoms with Gasteiger partial charge in [-0.25, -0.2) is 13.9 Å². The number of aromatic nitrogens is 2. The van der Waals surface area contributed by atoms with Crippen molar-refractivity contribution < 1.29 is 14.1 Å². The van der Waals surface area contributed by atoms with Crippen molar-refractivity contribution in [2.45, 2.75) is 38.8 Å². The highest BCUT2D eigenvalue weighted by molar-refractivity contribution is 7.98. The van der Waals surface area contributed by atoms with Crippen molar-refractivity contribution in [2.75, 3.05) is 12.9 Å².